The minimum atomic E-state index is -4.71. The lowest BCUT2D eigenvalue weighted by molar-refractivity contribution is -0.141. The van der Waals surface area contributed by atoms with E-state index in [1.54, 1.807) is 41.3 Å². The second kappa shape index (κ2) is 24.0. The van der Waals surface area contributed by atoms with Gasteiger partial charge >= 0.3 is 7.82 Å². The number of carbonyl (C=O) groups excluding carboxylic acids is 2. The monoisotopic (exact) mass is 1090 g/mol. The summed E-state index contributed by atoms with van der Waals surface area (Å²) >= 11 is 0. The highest BCUT2D eigenvalue weighted by molar-refractivity contribution is 7.46. The molecule has 4 aliphatic heterocycles. The number of amides is 2. The van der Waals surface area contributed by atoms with E-state index in [0.29, 0.717) is 72.0 Å². The van der Waals surface area contributed by atoms with Crippen molar-refractivity contribution in [3.05, 3.63) is 95.9 Å². The normalized spacial score (nSPS) is 22.4. The van der Waals surface area contributed by atoms with Gasteiger partial charge in [0.25, 0.3) is 5.88 Å². The van der Waals surface area contributed by atoms with E-state index in [0.717, 1.165) is 88.1 Å². The van der Waals surface area contributed by atoms with Crippen molar-refractivity contribution >= 4 is 36.8 Å². The van der Waals surface area contributed by atoms with Crippen molar-refractivity contribution < 1.29 is 51.9 Å². The Morgan fingerprint density at radius 2 is 1.65 bits per heavy atom. The number of piperidine rings is 1. The van der Waals surface area contributed by atoms with Crippen LogP contribution >= 0.6 is 7.82 Å². The highest BCUT2D eigenvalue weighted by Crippen LogP contribution is 2.41. The number of nitriles is 1. The van der Waals surface area contributed by atoms with Crippen LogP contribution in [0.1, 0.15) is 101 Å². The molecule has 7 heterocycles. The molecule has 3 unspecified atom stereocenters. The molecule has 2 bridgehead atoms. The third kappa shape index (κ3) is 12.8. The lowest BCUT2D eigenvalue weighted by atomic mass is 9.91. The Morgan fingerprint density at radius 1 is 0.897 bits per heavy atom. The van der Waals surface area contributed by atoms with E-state index in [-0.39, 0.29) is 54.2 Å². The fourth-order valence-electron chi connectivity index (χ4n) is 11.5. The van der Waals surface area contributed by atoms with Crippen LogP contribution in [0.25, 0.3) is 11.3 Å². The molecule has 5 atom stereocenters. The first kappa shape index (κ1) is 54.5. The Labute approximate surface area is 453 Å². The maximum absolute atomic E-state index is 14.1. The molecule has 5 N–H and O–H groups in total. The number of nitrogens with zero attached hydrogens (tertiary/aromatic N) is 9. The number of fused-ring (bicyclic) bond motifs is 2. The third-order valence-electron chi connectivity index (χ3n) is 15.6. The van der Waals surface area contributed by atoms with Crippen molar-refractivity contribution in [2.75, 3.05) is 68.2 Å². The number of hydrogen-bond acceptors (Lipinski definition) is 18. The first-order chi connectivity index (χ1) is 37.7. The number of piperazine rings is 1. The van der Waals surface area contributed by atoms with Crippen LogP contribution in [-0.4, -0.2) is 141 Å². The number of aromatic nitrogens is 4. The highest BCUT2D eigenvalue weighted by Gasteiger charge is 2.43. The molecule has 4 saturated heterocycles. The van der Waals surface area contributed by atoms with E-state index in [1.165, 1.54) is 0 Å². The van der Waals surface area contributed by atoms with Crippen molar-refractivity contribution in [1.82, 2.24) is 35.5 Å². The maximum atomic E-state index is 14.1. The van der Waals surface area contributed by atoms with Gasteiger partial charge in [0.1, 0.15) is 30.4 Å². The summed E-state index contributed by atoms with van der Waals surface area (Å²) in [6.45, 7) is 9.99. The van der Waals surface area contributed by atoms with Gasteiger partial charge in [0.05, 0.1) is 41.3 Å². The number of para-hydroxylation sites is 1. The second-order valence-electron chi connectivity index (χ2n) is 21.2. The number of pyridine rings is 1. The zero-order valence-corrected chi connectivity index (χ0v) is 45.0. The third-order valence-corrected chi connectivity index (χ3v) is 16.1. The summed E-state index contributed by atoms with van der Waals surface area (Å²) in [7, 11) is -4.71. The molecule has 2 amide bonds. The van der Waals surface area contributed by atoms with Gasteiger partial charge in [0.15, 0.2) is 18.4 Å². The number of phosphoric ester groups is 1. The minimum absolute atomic E-state index is 0.0274. The van der Waals surface area contributed by atoms with Gasteiger partial charge in [-0.1, -0.05) is 38.1 Å². The molecule has 2 aromatic carbocycles. The molecule has 78 heavy (non-hydrogen) atoms. The number of hydrogen-bond donors (Lipinski definition) is 4. The average Bonchev–Trinajstić information content (AvgIpc) is 4.23. The molecule has 5 aliphatic rings. The van der Waals surface area contributed by atoms with E-state index in [4.69, 9.17) is 44.3 Å². The topological polar surface area (TPSA) is 277 Å². The molecule has 3 aromatic heterocycles. The van der Waals surface area contributed by atoms with Crippen LogP contribution in [0.5, 0.6) is 17.5 Å². The van der Waals surface area contributed by atoms with Crippen LogP contribution < -0.4 is 35.1 Å². The van der Waals surface area contributed by atoms with E-state index in [9.17, 15) is 14.2 Å². The van der Waals surface area contributed by atoms with E-state index in [2.05, 4.69) is 50.9 Å². The van der Waals surface area contributed by atoms with Crippen molar-refractivity contribution in [2.24, 2.45) is 5.92 Å². The van der Waals surface area contributed by atoms with Crippen LogP contribution in [0.15, 0.2) is 83.5 Å². The van der Waals surface area contributed by atoms with Gasteiger partial charge < -0.3 is 59.0 Å². The summed E-state index contributed by atoms with van der Waals surface area (Å²) in [4.78, 5) is 59.1. The van der Waals surface area contributed by atoms with Gasteiger partial charge in [-0.2, -0.15) is 5.26 Å². The van der Waals surface area contributed by atoms with Gasteiger partial charge in [-0.25, -0.2) is 14.1 Å². The molecule has 1 aliphatic carbocycles. The summed E-state index contributed by atoms with van der Waals surface area (Å²) in [6.07, 6.45) is 8.94. The van der Waals surface area contributed by atoms with Gasteiger partial charge in [0.2, 0.25) is 17.7 Å². The largest absolute Gasteiger partial charge is 0.474 e. The highest BCUT2D eigenvalue weighted by atomic mass is 31.2. The number of phosphoric acid groups is 1. The first-order valence-corrected chi connectivity index (χ1v) is 28.5. The molecule has 0 radical (unpaired) electrons. The zero-order chi connectivity index (χ0) is 54.5. The molecule has 10 rings (SSSR count). The molecule has 0 spiro atoms. The van der Waals surface area contributed by atoms with E-state index < -0.39 is 26.6 Å². The van der Waals surface area contributed by atoms with Crippen LogP contribution in [0.2, 0.25) is 0 Å². The summed E-state index contributed by atoms with van der Waals surface area (Å²) in [5.74, 6) is 0.891. The quantitative estimate of drug-likeness (QED) is 0.0459. The van der Waals surface area contributed by atoms with E-state index in [1.807, 2.05) is 63.4 Å². The van der Waals surface area contributed by atoms with Crippen molar-refractivity contribution in [1.29, 1.82) is 5.26 Å². The number of rotatable bonds is 21. The predicted octanol–water partition coefficient (Wildman–Crippen LogP) is 6.36. The second-order valence-corrected chi connectivity index (χ2v) is 22.5. The van der Waals surface area contributed by atoms with E-state index >= 15 is 0 Å². The first-order valence-electron chi connectivity index (χ1n) is 27.0. The standard InChI is InChI=1S/C55H68N11O11P/c1-34(2)52(55(68)65-20-6-8-46(65)54(67)59-35(3)37-12-10-36(30-56)11-13-37)49-29-51(62-77-49)72-24-23-63-21-17-41(18-22-63)75-42-26-43(27-42)76-50-25-38(16-19-58-50)66-39-14-15-40(66)32-64(31-39)47-28-45(60-61-53(47)57)44-7-4-5-9-48(44)73-33-74-78(69,70)71/h4-5,7,9-13,16,19,25,28-29,34-35,39-43,46,52H,6,8,14-15,17-18,20-24,26-27,31-33H2,1-3H3,(H2,57,61)(H,59,67)(H2,69,70,71)/t35-,39?,40?,42-,43-,46-,52?/m0/s1. The number of anilines is 3. The molecule has 5 aromatic rings. The average molecular weight is 1090 g/mol. The summed E-state index contributed by atoms with van der Waals surface area (Å²) in [6, 6.07) is 23.5. The zero-order valence-electron chi connectivity index (χ0n) is 44.1. The molecule has 23 heteroatoms. The van der Waals surface area contributed by atoms with Crippen LogP contribution in [-0.2, 0) is 23.4 Å². The number of likely N-dealkylation sites (tertiary alicyclic amines) is 2. The fraction of sp³-hybridized carbons (Fsp3) is 0.509. The molecular weight excluding hydrogens is 1020 g/mol. The van der Waals surface area contributed by atoms with Crippen molar-refractivity contribution in [3.8, 4) is 34.8 Å². The van der Waals surface area contributed by atoms with Crippen LogP contribution in [0.4, 0.5) is 17.2 Å². The summed E-state index contributed by atoms with van der Waals surface area (Å²) in [5, 5.41) is 25.0. The van der Waals surface area contributed by atoms with Gasteiger partial charge in [-0.3, -0.25) is 14.5 Å². The molecule has 5 fully saturated rings. The number of nitrogen functional groups attached to an aromatic ring is 1. The van der Waals surface area contributed by atoms with Crippen LogP contribution in [0.3, 0.4) is 0 Å². The Morgan fingerprint density at radius 3 is 2.38 bits per heavy atom. The number of benzene rings is 2. The number of carbonyl (C=O) groups is 2. The lowest BCUT2D eigenvalue weighted by Crippen LogP contribution is -2.54. The molecule has 414 valence electrons. The van der Waals surface area contributed by atoms with Crippen molar-refractivity contribution in [2.45, 2.75) is 121 Å². The van der Waals surface area contributed by atoms with Crippen LogP contribution in [0, 0.1) is 17.2 Å². The Kier molecular flexibility index (Phi) is 16.8. The summed E-state index contributed by atoms with van der Waals surface area (Å²) in [5.41, 5.74) is 10.8. The number of ether oxygens (including phenoxy) is 4. The van der Waals surface area contributed by atoms with Crippen molar-refractivity contribution in [3.63, 3.8) is 0 Å². The molecule has 22 nitrogen and oxygen atoms in total. The number of nitrogens with one attached hydrogen (secondary N) is 1. The maximum Gasteiger partial charge on any atom is 0.472 e. The molecule has 1 saturated carbocycles. The minimum Gasteiger partial charge on any atom is -0.474 e. The Hall–Kier alpha value is -6.86. The Balaban J connectivity index is 0.641. The van der Waals surface area contributed by atoms with Gasteiger partial charge in [-0.15, -0.1) is 10.2 Å². The fourth-order valence-corrected chi connectivity index (χ4v) is 11.7. The SMILES string of the molecule is CC(C)C(C(=O)N1CCC[C@H]1C(=O)N[C@@H](C)c1ccc(C#N)cc1)c1cc(OCCN2CCC(O[C@H]3C[C@H](Oc4cc(N5C6CCC5CN(c5cc(-c7ccccc7OCOP(=O)(O)O)nnc5N)C6)ccn4)C3)CC2)no1. The van der Waals surface area contributed by atoms with Gasteiger partial charge in [-0.05, 0) is 98.5 Å². The Bertz CT molecular complexity index is 2960. The predicted molar refractivity (Wildman–Crippen MR) is 286 cm³/mol. The summed E-state index contributed by atoms with van der Waals surface area (Å²) < 4.78 is 46.0. The van der Waals surface area contributed by atoms with Gasteiger partial charge in [0, 0.05) is 93.8 Å². The number of nitrogens with two attached hydrogens (primary N) is 1. The lowest BCUT2D eigenvalue weighted by Gasteiger charge is -2.43. The molecular formula is C55H68N11O11P. The smallest absolute Gasteiger partial charge is 0.472 e.